The minimum atomic E-state index is -0.733. The van der Waals surface area contributed by atoms with E-state index in [-0.39, 0.29) is 23.6 Å². The molecule has 0 N–H and O–H groups in total. The molecule has 0 amide bonds. The molecule has 0 atom stereocenters. The van der Waals surface area contributed by atoms with Gasteiger partial charge in [-0.25, -0.2) is 4.39 Å². The molecule has 25 heavy (non-hydrogen) atoms. The number of benzene rings is 1. The van der Waals surface area contributed by atoms with Crippen LogP contribution in [-0.2, 0) is 14.3 Å². The summed E-state index contributed by atoms with van der Waals surface area (Å²) in [5.41, 5.74) is 0. The number of rotatable bonds is 12. The van der Waals surface area contributed by atoms with Gasteiger partial charge in [-0.1, -0.05) is 43.4 Å². The van der Waals surface area contributed by atoms with E-state index in [0.717, 1.165) is 44.6 Å². The number of para-hydroxylation sites is 1. The molecule has 0 fully saturated rings. The third-order valence-corrected chi connectivity index (χ3v) is 4.02. The van der Waals surface area contributed by atoms with Crippen LogP contribution in [0, 0.1) is 5.82 Å². The van der Waals surface area contributed by atoms with Gasteiger partial charge in [0, 0.05) is 5.88 Å². The van der Waals surface area contributed by atoms with E-state index in [9.17, 15) is 14.0 Å². The highest BCUT2D eigenvalue weighted by atomic mass is 35.5. The Morgan fingerprint density at radius 2 is 1.60 bits per heavy atom. The number of hydrogen-bond donors (Lipinski definition) is 0. The lowest BCUT2D eigenvalue weighted by molar-refractivity contribution is -0.147. The Bertz CT molecular complexity index is 532. The van der Waals surface area contributed by atoms with Crippen molar-refractivity contribution in [2.75, 3.05) is 12.5 Å². The lowest BCUT2D eigenvalue weighted by atomic mass is 10.1. The summed E-state index contributed by atoms with van der Waals surface area (Å²) in [5.74, 6) is -1.56. The molecule has 0 aliphatic rings. The highest BCUT2D eigenvalue weighted by Gasteiger charge is 2.15. The van der Waals surface area contributed by atoms with Gasteiger partial charge in [-0.05, 0) is 25.0 Å². The minimum Gasteiger partial charge on any atom is -0.466 e. The molecule has 0 radical (unpaired) electrons. The maximum atomic E-state index is 13.5. The van der Waals surface area contributed by atoms with Gasteiger partial charge in [0.1, 0.15) is 0 Å². The van der Waals surface area contributed by atoms with Crippen molar-refractivity contribution in [3.05, 3.63) is 29.0 Å². The monoisotopic (exact) mass is 392 g/mol. The lowest BCUT2D eigenvalue weighted by Gasteiger charge is -2.07. The average molecular weight is 393 g/mol. The molecule has 0 spiro atoms. The number of hydrogen-bond acceptors (Lipinski definition) is 4. The third kappa shape index (κ3) is 9.66. The average Bonchev–Trinajstić information content (AvgIpc) is 2.59. The summed E-state index contributed by atoms with van der Waals surface area (Å²) in [5, 5.41) is 0.00183. The van der Waals surface area contributed by atoms with Gasteiger partial charge < -0.3 is 9.47 Å². The highest BCUT2D eigenvalue weighted by molar-refractivity contribution is 6.32. The fraction of sp³-hybridized carbons (Fsp3) is 0.556. The molecule has 0 heterocycles. The molecule has 1 rings (SSSR count). The quantitative estimate of drug-likeness (QED) is 0.210. The van der Waals surface area contributed by atoms with Crippen LogP contribution in [0.1, 0.15) is 51.4 Å². The van der Waals surface area contributed by atoms with Crippen LogP contribution in [0.2, 0.25) is 5.02 Å². The van der Waals surface area contributed by atoms with E-state index < -0.39 is 17.8 Å². The van der Waals surface area contributed by atoms with Crippen molar-refractivity contribution < 1.29 is 23.5 Å². The topological polar surface area (TPSA) is 52.6 Å². The van der Waals surface area contributed by atoms with Gasteiger partial charge in [0.05, 0.1) is 24.5 Å². The number of unbranched alkanes of at least 4 members (excludes halogenated alkanes) is 5. The molecular weight excluding hydrogens is 370 g/mol. The van der Waals surface area contributed by atoms with Crippen LogP contribution in [0.3, 0.4) is 0 Å². The number of carbonyl (C=O) groups excluding carboxylic acids is 2. The first-order valence-electron chi connectivity index (χ1n) is 8.41. The van der Waals surface area contributed by atoms with E-state index >= 15 is 0 Å². The second kappa shape index (κ2) is 13.0. The van der Waals surface area contributed by atoms with E-state index in [1.54, 1.807) is 0 Å². The molecule has 0 unspecified atom stereocenters. The fourth-order valence-electron chi connectivity index (χ4n) is 2.11. The first kappa shape index (κ1) is 21.7. The normalized spacial score (nSPS) is 10.5. The molecule has 4 nitrogen and oxygen atoms in total. The molecule has 1 aromatic rings. The van der Waals surface area contributed by atoms with Crippen LogP contribution in [0.5, 0.6) is 5.75 Å². The van der Waals surface area contributed by atoms with Crippen molar-refractivity contribution in [3.63, 3.8) is 0 Å². The molecule has 0 saturated heterocycles. The van der Waals surface area contributed by atoms with Gasteiger partial charge in [-0.15, -0.1) is 11.6 Å². The van der Waals surface area contributed by atoms with E-state index in [0.29, 0.717) is 12.5 Å². The van der Waals surface area contributed by atoms with Crippen LogP contribution in [-0.4, -0.2) is 24.4 Å². The predicted molar refractivity (Wildman–Crippen MR) is 95.7 cm³/mol. The molecular formula is C18H23Cl2FO4. The zero-order chi connectivity index (χ0) is 18.5. The highest BCUT2D eigenvalue weighted by Crippen LogP contribution is 2.27. The zero-order valence-corrected chi connectivity index (χ0v) is 15.6. The van der Waals surface area contributed by atoms with E-state index in [4.69, 9.17) is 32.7 Å². The van der Waals surface area contributed by atoms with Gasteiger partial charge in [-0.2, -0.15) is 0 Å². The first-order chi connectivity index (χ1) is 12.0. The molecule has 0 saturated carbocycles. The van der Waals surface area contributed by atoms with Crippen molar-refractivity contribution in [1.29, 1.82) is 0 Å². The summed E-state index contributed by atoms with van der Waals surface area (Å²) >= 11 is 11.4. The standard InChI is InChI=1S/C18H23Cl2FO4/c19-12-5-3-1-2-4-6-13-24-16(22)10-11-17(23)25-18-14(20)8-7-9-15(18)21/h7-9H,1-6,10-13H2. The molecule has 0 aliphatic heterocycles. The maximum absolute atomic E-state index is 13.5. The van der Waals surface area contributed by atoms with Crippen molar-refractivity contribution in [3.8, 4) is 5.75 Å². The number of carbonyl (C=O) groups is 2. The summed E-state index contributed by atoms with van der Waals surface area (Å²) in [7, 11) is 0. The summed E-state index contributed by atoms with van der Waals surface area (Å²) in [6.45, 7) is 0.336. The second-order valence-electron chi connectivity index (χ2n) is 5.56. The van der Waals surface area contributed by atoms with Gasteiger partial charge in [-0.3, -0.25) is 9.59 Å². The summed E-state index contributed by atoms with van der Waals surface area (Å²) < 4.78 is 23.4. The second-order valence-corrected chi connectivity index (χ2v) is 6.34. The SMILES string of the molecule is O=C(CCC(=O)Oc1c(F)cccc1Cl)OCCCCCCCCCl. The number of alkyl halides is 1. The summed E-state index contributed by atoms with van der Waals surface area (Å²) in [6, 6.07) is 3.96. The smallest absolute Gasteiger partial charge is 0.311 e. The van der Waals surface area contributed by atoms with Gasteiger partial charge >= 0.3 is 11.9 Å². The first-order valence-corrected chi connectivity index (χ1v) is 9.32. The molecule has 7 heteroatoms. The summed E-state index contributed by atoms with van der Waals surface area (Å²) in [4.78, 5) is 23.2. The molecule has 140 valence electrons. The number of halogens is 3. The number of ether oxygens (including phenoxy) is 2. The zero-order valence-electron chi connectivity index (χ0n) is 14.1. The molecule has 0 bridgehead atoms. The van der Waals surface area contributed by atoms with Crippen LogP contribution < -0.4 is 4.74 Å². The third-order valence-electron chi connectivity index (χ3n) is 3.46. The fourth-order valence-corrected chi connectivity index (χ4v) is 2.50. The minimum absolute atomic E-state index is 0.00183. The maximum Gasteiger partial charge on any atom is 0.311 e. The Morgan fingerprint density at radius 3 is 2.28 bits per heavy atom. The largest absolute Gasteiger partial charge is 0.466 e. The number of esters is 2. The van der Waals surface area contributed by atoms with E-state index in [1.165, 1.54) is 12.1 Å². The Labute approximate surface area is 157 Å². The van der Waals surface area contributed by atoms with Crippen LogP contribution in [0.25, 0.3) is 0 Å². The van der Waals surface area contributed by atoms with Crippen molar-refractivity contribution in [1.82, 2.24) is 0 Å². The van der Waals surface area contributed by atoms with E-state index in [2.05, 4.69) is 0 Å². The van der Waals surface area contributed by atoms with E-state index in [1.807, 2.05) is 0 Å². The van der Waals surface area contributed by atoms with Gasteiger partial charge in [0.25, 0.3) is 0 Å². The van der Waals surface area contributed by atoms with Crippen LogP contribution in [0.4, 0.5) is 4.39 Å². The predicted octanol–water partition coefficient (Wildman–Crippen LogP) is 5.29. The Morgan fingerprint density at radius 1 is 0.960 bits per heavy atom. The lowest BCUT2D eigenvalue weighted by Crippen LogP contribution is -2.13. The Balaban J connectivity index is 2.12. The Kier molecular flexibility index (Phi) is 11.2. The summed E-state index contributed by atoms with van der Waals surface area (Å²) in [6.07, 6.45) is 5.85. The van der Waals surface area contributed by atoms with Gasteiger partial charge in [0.2, 0.25) is 0 Å². The van der Waals surface area contributed by atoms with Crippen molar-refractivity contribution >= 4 is 35.1 Å². The van der Waals surface area contributed by atoms with Crippen LogP contribution in [0.15, 0.2) is 18.2 Å². The van der Waals surface area contributed by atoms with Crippen LogP contribution >= 0.6 is 23.2 Å². The van der Waals surface area contributed by atoms with Crippen molar-refractivity contribution in [2.24, 2.45) is 0 Å². The van der Waals surface area contributed by atoms with Gasteiger partial charge in [0.15, 0.2) is 11.6 Å². The Hall–Kier alpha value is -1.33. The molecule has 1 aromatic carbocycles. The molecule has 0 aromatic heterocycles. The molecule has 0 aliphatic carbocycles. The van der Waals surface area contributed by atoms with Crippen molar-refractivity contribution in [2.45, 2.75) is 51.4 Å².